The third-order valence-electron chi connectivity index (χ3n) is 2.49. The van der Waals surface area contributed by atoms with E-state index < -0.39 is 0 Å². The predicted octanol–water partition coefficient (Wildman–Crippen LogP) is 3.56. The molecule has 3 heteroatoms. The quantitative estimate of drug-likeness (QED) is 0.840. The van der Waals surface area contributed by atoms with E-state index in [1.165, 1.54) is 0 Å². The highest BCUT2D eigenvalue weighted by atomic mass is 16.7. The Hall–Kier alpha value is -0.120. The molecular weight excluding hydrogens is 224 g/mol. The Labute approximate surface area is 115 Å². The van der Waals surface area contributed by atoms with Crippen LogP contribution in [0.2, 0.25) is 0 Å². The highest BCUT2D eigenvalue weighted by molar-refractivity contribution is 4.68. The summed E-state index contributed by atoms with van der Waals surface area (Å²) in [7, 11) is 0. The van der Waals surface area contributed by atoms with Crippen LogP contribution < -0.4 is 5.32 Å². The van der Waals surface area contributed by atoms with Crippen molar-refractivity contribution < 1.29 is 4.84 Å². The van der Waals surface area contributed by atoms with Crippen LogP contribution in [-0.4, -0.2) is 37.8 Å². The second kappa shape index (κ2) is 14.9. The zero-order chi connectivity index (χ0) is 14.4. The highest BCUT2D eigenvalue weighted by Gasteiger charge is 2.17. The maximum Gasteiger partial charge on any atom is 0.0682 e. The first-order valence-electron chi connectivity index (χ1n) is 7.81. The largest absolute Gasteiger partial charge is 0.316 e. The Morgan fingerprint density at radius 3 is 1.83 bits per heavy atom. The molecule has 0 amide bonds. The van der Waals surface area contributed by atoms with Gasteiger partial charge in [0, 0.05) is 13.1 Å². The van der Waals surface area contributed by atoms with Crippen LogP contribution in [-0.2, 0) is 4.84 Å². The molecule has 0 radical (unpaired) electrons. The van der Waals surface area contributed by atoms with Gasteiger partial charge in [0.05, 0.1) is 6.61 Å². The molecule has 1 N–H and O–H groups in total. The molecule has 1 aliphatic rings. The molecule has 0 spiro atoms. The molecule has 1 fully saturated rings. The molecule has 0 saturated carbocycles. The Kier molecular flexibility index (Phi) is 16.8. The van der Waals surface area contributed by atoms with E-state index in [2.05, 4.69) is 31.2 Å². The fraction of sp³-hybridized carbons (Fsp3) is 1.00. The van der Waals surface area contributed by atoms with Gasteiger partial charge in [-0.15, -0.1) is 0 Å². The second-order valence-corrected chi connectivity index (χ2v) is 4.55. The molecule has 2 unspecified atom stereocenters. The summed E-state index contributed by atoms with van der Waals surface area (Å²) in [6, 6.07) is 0. The highest BCUT2D eigenvalue weighted by Crippen LogP contribution is 2.08. The fourth-order valence-corrected chi connectivity index (χ4v) is 1.80. The van der Waals surface area contributed by atoms with Crippen molar-refractivity contribution in [2.75, 3.05) is 32.8 Å². The van der Waals surface area contributed by atoms with Crippen molar-refractivity contribution in [2.24, 2.45) is 11.8 Å². The van der Waals surface area contributed by atoms with Gasteiger partial charge in [-0.3, -0.25) is 4.84 Å². The Bertz CT molecular complexity index is 141. The van der Waals surface area contributed by atoms with Crippen LogP contribution in [0.5, 0.6) is 0 Å². The van der Waals surface area contributed by atoms with Crippen LogP contribution in [0.25, 0.3) is 0 Å². The molecule has 0 bridgehead atoms. The van der Waals surface area contributed by atoms with Gasteiger partial charge >= 0.3 is 0 Å². The van der Waals surface area contributed by atoms with Crippen LogP contribution in [0.3, 0.4) is 0 Å². The first-order valence-corrected chi connectivity index (χ1v) is 7.81. The molecular formula is C15H36N2O. The van der Waals surface area contributed by atoms with Crippen LogP contribution in [0.15, 0.2) is 0 Å². The van der Waals surface area contributed by atoms with E-state index in [-0.39, 0.29) is 0 Å². The number of hydrogen-bond acceptors (Lipinski definition) is 3. The first-order chi connectivity index (χ1) is 8.72. The third kappa shape index (κ3) is 11.0. The molecule has 1 aliphatic heterocycles. The van der Waals surface area contributed by atoms with Gasteiger partial charge in [0.2, 0.25) is 0 Å². The van der Waals surface area contributed by atoms with E-state index in [1.54, 1.807) is 0 Å². The summed E-state index contributed by atoms with van der Waals surface area (Å²) in [4.78, 5) is 5.71. The van der Waals surface area contributed by atoms with Crippen molar-refractivity contribution in [1.82, 2.24) is 10.4 Å². The van der Waals surface area contributed by atoms with Crippen LogP contribution >= 0.6 is 0 Å². The maximum atomic E-state index is 5.71. The Morgan fingerprint density at radius 2 is 1.44 bits per heavy atom. The standard InChI is InChI=1S/C11H24N2O.2C2H6/c1-4-5-14-13-8-10(2)6-12-7-11(3)9-13;2*1-2/h10-12H,4-9H2,1-3H3;2*1-2H3. The lowest BCUT2D eigenvalue weighted by atomic mass is 10.1. The molecule has 112 valence electrons. The lowest BCUT2D eigenvalue weighted by molar-refractivity contribution is -0.174. The van der Waals surface area contributed by atoms with Crippen molar-refractivity contribution in [2.45, 2.75) is 54.9 Å². The smallest absolute Gasteiger partial charge is 0.0682 e. The average Bonchev–Trinajstić information content (AvgIpc) is 2.38. The number of nitrogens with one attached hydrogen (secondary N) is 1. The van der Waals surface area contributed by atoms with Gasteiger partial charge in [-0.05, 0) is 31.3 Å². The second-order valence-electron chi connectivity index (χ2n) is 4.55. The van der Waals surface area contributed by atoms with Crippen molar-refractivity contribution in [3.63, 3.8) is 0 Å². The molecule has 2 atom stereocenters. The van der Waals surface area contributed by atoms with Gasteiger partial charge in [-0.2, -0.15) is 5.06 Å². The van der Waals surface area contributed by atoms with E-state index in [0.717, 1.165) is 39.2 Å². The maximum absolute atomic E-state index is 5.71. The molecule has 0 aromatic carbocycles. The third-order valence-corrected chi connectivity index (χ3v) is 2.49. The summed E-state index contributed by atoms with van der Waals surface area (Å²) in [5, 5.41) is 5.63. The van der Waals surface area contributed by atoms with Gasteiger partial charge in [0.1, 0.15) is 0 Å². The minimum Gasteiger partial charge on any atom is -0.316 e. The van der Waals surface area contributed by atoms with E-state index in [9.17, 15) is 0 Å². The van der Waals surface area contributed by atoms with Crippen molar-refractivity contribution in [3.8, 4) is 0 Å². The fourth-order valence-electron chi connectivity index (χ4n) is 1.80. The minimum absolute atomic E-state index is 0.680. The monoisotopic (exact) mass is 260 g/mol. The van der Waals surface area contributed by atoms with E-state index in [4.69, 9.17) is 4.84 Å². The average molecular weight is 260 g/mol. The molecule has 1 saturated heterocycles. The van der Waals surface area contributed by atoms with Crippen molar-refractivity contribution in [1.29, 1.82) is 0 Å². The normalized spacial score (nSPS) is 24.8. The lowest BCUT2D eigenvalue weighted by Gasteiger charge is -2.30. The predicted molar refractivity (Wildman–Crippen MR) is 81.7 cm³/mol. The number of hydrogen-bond donors (Lipinski definition) is 1. The van der Waals surface area contributed by atoms with Gasteiger partial charge < -0.3 is 5.32 Å². The molecule has 1 heterocycles. The van der Waals surface area contributed by atoms with Crippen molar-refractivity contribution >= 4 is 0 Å². The molecule has 3 nitrogen and oxygen atoms in total. The Morgan fingerprint density at radius 1 is 1.00 bits per heavy atom. The topological polar surface area (TPSA) is 24.5 Å². The summed E-state index contributed by atoms with van der Waals surface area (Å²) in [5.41, 5.74) is 0. The van der Waals surface area contributed by atoms with Gasteiger partial charge in [-0.1, -0.05) is 48.5 Å². The molecule has 18 heavy (non-hydrogen) atoms. The molecule has 0 aromatic rings. The summed E-state index contributed by atoms with van der Waals surface area (Å²) in [5.74, 6) is 1.36. The Balaban J connectivity index is 0. The van der Waals surface area contributed by atoms with E-state index in [0.29, 0.717) is 11.8 Å². The van der Waals surface area contributed by atoms with Gasteiger partial charge in [-0.25, -0.2) is 0 Å². The minimum atomic E-state index is 0.680. The van der Waals surface area contributed by atoms with Gasteiger partial charge in [0.25, 0.3) is 0 Å². The van der Waals surface area contributed by atoms with Crippen LogP contribution in [0.4, 0.5) is 0 Å². The number of rotatable bonds is 3. The summed E-state index contributed by atoms with van der Waals surface area (Å²) in [6.45, 7) is 19.9. The SMILES string of the molecule is CC.CC.CCCON1CC(C)CNCC(C)C1. The van der Waals surface area contributed by atoms with E-state index in [1.807, 2.05) is 27.7 Å². The summed E-state index contributed by atoms with van der Waals surface area (Å²) < 4.78 is 0. The first kappa shape index (κ1) is 20.2. The van der Waals surface area contributed by atoms with Crippen molar-refractivity contribution in [3.05, 3.63) is 0 Å². The zero-order valence-electron chi connectivity index (χ0n) is 13.8. The molecule has 1 rings (SSSR count). The van der Waals surface area contributed by atoms with E-state index >= 15 is 0 Å². The molecule has 0 aromatic heterocycles. The van der Waals surface area contributed by atoms with Crippen LogP contribution in [0.1, 0.15) is 54.9 Å². The molecule has 0 aliphatic carbocycles. The number of hydroxylamine groups is 2. The van der Waals surface area contributed by atoms with Crippen LogP contribution in [0, 0.1) is 11.8 Å². The summed E-state index contributed by atoms with van der Waals surface area (Å²) in [6.07, 6.45) is 1.09. The summed E-state index contributed by atoms with van der Waals surface area (Å²) >= 11 is 0. The lowest BCUT2D eigenvalue weighted by Crippen LogP contribution is -2.42. The zero-order valence-corrected chi connectivity index (χ0v) is 13.8. The van der Waals surface area contributed by atoms with Gasteiger partial charge in [0.15, 0.2) is 0 Å². The number of nitrogens with zero attached hydrogens (tertiary/aromatic N) is 1.